The zero-order valence-corrected chi connectivity index (χ0v) is 11.2. The van der Waals surface area contributed by atoms with Gasteiger partial charge >= 0.3 is 0 Å². The van der Waals surface area contributed by atoms with Gasteiger partial charge in [-0.25, -0.2) is 0 Å². The van der Waals surface area contributed by atoms with Gasteiger partial charge in [0, 0.05) is 36.8 Å². The maximum absolute atomic E-state index is 8.74. The summed E-state index contributed by atoms with van der Waals surface area (Å²) < 4.78 is 1.77. The molecular formula is C12H18N4OS. The second kappa shape index (κ2) is 6.63. The number of aromatic nitrogens is 3. The molecule has 2 aromatic heterocycles. The average molecular weight is 266 g/mol. The molecule has 0 saturated carbocycles. The molecule has 18 heavy (non-hydrogen) atoms. The van der Waals surface area contributed by atoms with Gasteiger partial charge in [0.25, 0.3) is 0 Å². The van der Waals surface area contributed by atoms with E-state index < -0.39 is 0 Å². The maximum atomic E-state index is 8.74. The summed E-state index contributed by atoms with van der Waals surface area (Å²) in [6.45, 7) is 3.74. The minimum Gasteiger partial charge on any atom is -0.396 e. The van der Waals surface area contributed by atoms with Crippen LogP contribution in [0, 0.1) is 0 Å². The molecule has 0 amide bonds. The molecule has 0 aliphatic carbocycles. The zero-order chi connectivity index (χ0) is 12.8. The van der Waals surface area contributed by atoms with Gasteiger partial charge in [-0.15, -0.1) is 16.4 Å². The molecule has 2 N–H and O–H groups in total. The molecule has 0 aliphatic heterocycles. The highest BCUT2D eigenvalue weighted by Gasteiger charge is 2.07. The normalized spacial score (nSPS) is 12.8. The largest absolute Gasteiger partial charge is 0.396 e. The minimum absolute atomic E-state index is 0.183. The molecule has 0 fully saturated rings. The Labute approximate surface area is 110 Å². The van der Waals surface area contributed by atoms with Crippen molar-refractivity contribution in [3.63, 3.8) is 0 Å². The average Bonchev–Trinajstić information content (AvgIpc) is 3.04. The first-order chi connectivity index (χ1) is 8.79. The van der Waals surface area contributed by atoms with Crippen LogP contribution in [0.2, 0.25) is 0 Å². The van der Waals surface area contributed by atoms with E-state index in [1.165, 1.54) is 4.88 Å². The number of hydrogen-bond acceptors (Lipinski definition) is 5. The van der Waals surface area contributed by atoms with Gasteiger partial charge in [0.05, 0.1) is 5.69 Å². The van der Waals surface area contributed by atoms with E-state index in [9.17, 15) is 0 Å². The van der Waals surface area contributed by atoms with E-state index in [-0.39, 0.29) is 6.61 Å². The standard InChI is InChI=1S/C12H18N4OS/c1-10(12-4-2-7-18-12)13-8-11-9-16(15-14-11)5-3-6-17/h2,4,7,9-10,13,17H,3,5-6,8H2,1H3. The van der Waals surface area contributed by atoms with Gasteiger partial charge in [-0.05, 0) is 24.8 Å². The van der Waals surface area contributed by atoms with Crippen LogP contribution in [0.1, 0.15) is 30.0 Å². The fourth-order valence-corrected chi connectivity index (χ4v) is 2.42. The number of aliphatic hydroxyl groups is 1. The van der Waals surface area contributed by atoms with Gasteiger partial charge in [0.2, 0.25) is 0 Å². The van der Waals surface area contributed by atoms with Crippen LogP contribution >= 0.6 is 11.3 Å². The first-order valence-corrected chi connectivity index (χ1v) is 6.94. The monoisotopic (exact) mass is 266 g/mol. The summed E-state index contributed by atoms with van der Waals surface area (Å²) in [5, 5.41) is 22.3. The number of aryl methyl sites for hydroxylation is 1. The van der Waals surface area contributed by atoms with Crippen molar-refractivity contribution in [3.8, 4) is 0 Å². The van der Waals surface area contributed by atoms with Crippen molar-refractivity contribution in [2.24, 2.45) is 0 Å². The summed E-state index contributed by atoms with van der Waals surface area (Å²) in [4.78, 5) is 1.32. The topological polar surface area (TPSA) is 63.0 Å². The lowest BCUT2D eigenvalue weighted by Crippen LogP contribution is -2.17. The summed E-state index contributed by atoms with van der Waals surface area (Å²) >= 11 is 1.75. The van der Waals surface area contributed by atoms with Crippen LogP contribution in [0.15, 0.2) is 23.7 Å². The molecule has 0 radical (unpaired) electrons. The molecule has 0 bridgehead atoms. The van der Waals surface area contributed by atoms with Crippen molar-refractivity contribution < 1.29 is 5.11 Å². The highest BCUT2D eigenvalue weighted by Crippen LogP contribution is 2.18. The first-order valence-electron chi connectivity index (χ1n) is 6.06. The Bertz CT molecular complexity index is 454. The molecule has 0 aromatic carbocycles. The molecule has 0 spiro atoms. The van der Waals surface area contributed by atoms with Gasteiger partial charge in [-0.3, -0.25) is 4.68 Å². The predicted molar refractivity (Wildman–Crippen MR) is 71.3 cm³/mol. The van der Waals surface area contributed by atoms with Crippen LogP contribution in [0.25, 0.3) is 0 Å². The second-order valence-corrected chi connectivity index (χ2v) is 5.15. The van der Waals surface area contributed by atoms with Gasteiger partial charge in [0.15, 0.2) is 0 Å². The summed E-state index contributed by atoms with van der Waals surface area (Å²) in [6, 6.07) is 4.51. The molecule has 1 unspecified atom stereocenters. The minimum atomic E-state index is 0.183. The Balaban J connectivity index is 1.81. The second-order valence-electron chi connectivity index (χ2n) is 4.17. The van der Waals surface area contributed by atoms with E-state index in [2.05, 4.69) is 40.1 Å². The maximum Gasteiger partial charge on any atom is 0.0965 e. The van der Waals surface area contributed by atoms with E-state index in [0.717, 1.165) is 5.69 Å². The van der Waals surface area contributed by atoms with E-state index in [4.69, 9.17) is 5.11 Å². The van der Waals surface area contributed by atoms with Crippen LogP contribution in [0.5, 0.6) is 0 Å². The Morgan fingerprint density at radius 2 is 2.44 bits per heavy atom. The highest BCUT2D eigenvalue weighted by atomic mass is 32.1. The highest BCUT2D eigenvalue weighted by molar-refractivity contribution is 7.10. The van der Waals surface area contributed by atoms with Crippen molar-refractivity contribution in [2.45, 2.75) is 32.5 Å². The molecular weight excluding hydrogens is 248 g/mol. The number of hydrogen-bond donors (Lipinski definition) is 2. The fraction of sp³-hybridized carbons (Fsp3) is 0.500. The van der Waals surface area contributed by atoms with Crippen molar-refractivity contribution in [1.29, 1.82) is 0 Å². The number of nitrogens with one attached hydrogen (secondary N) is 1. The molecule has 2 rings (SSSR count). The third-order valence-electron chi connectivity index (χ3n) is 2.69. The number of rotatable bonds is 7. The van der Waals surface area contributed by atoms with Crippen molar-refractivity contribution in [1.82, 2.24) is 20.3 Å². The zero-order valence-electron chi connectivity index (χ0n) is 10.4. The van der Waals surface area contributed by atoms with Crippen LogP contribution < -0.4 is 5.32 Å². The quantitative estimate of drug-likeness (QED) is 0.798. The third-order valence-corrected chi connectivity index (χ3v) is 3.75. The number of nitrogens with zero attached hydrogens (tertiary/aromatic N) is 3. The van der Waals surface area contributed by atoms with Crippen LogP contribution in [-0.4, -0.2) is 26.7 Å². The Hall–Kier alpha value is -1.24. The predicted octanol–water partition coefficient (Wildman–Crippen LogP) is 1.57. The van der Waals surface area contributed by atoms with E-state index in [1.54, 1.807) is 16.0 Å². The number of thiophene rings is 1. The van der Waals surface area contributed by atoms with Gasteiger partial charge in [-0.2, -0.15) is 0 Å². The van der Waals surface area contributed by atoms with Gasteiger partial charge in [0.1, 0.15) is 0 Å². The lowest BCUT2D eigenvalue weighted by atomic mass is 10.2. The SMILES string of the molecule is CC(NCc1cn(CCCO)nn1)c1cccs1. The lowest BCUT2D eigenvalue weighted by molar-refractivity contribution is 0.276. The Kier molecular flexibility index (Phi) is 4.86. The van der Waals surface area contributed by atoms with E-state index >= 15 is 0 Å². The van der Waals surface area contributed by atoms with E-state index in [0.29, 0.717) is 25.6 Å². The van der Waals surface area contributed by atoms with Crippen LogP contribution in [0.4, 0.5) is 0 Å². The lowest BCUT2D eigenvalue weighted by Gasteiger charge is -2.09. The van der Waals surface area contributed by atoms with Crippen LogP contribution in [-0.2, 0) is 13.1 Å². The fourth-order valence-electron chi connectivity index (χ4n) is 1.66. The van der Waals surface area contributed by atoms with Crippen LogP contribution in [0.3, 0.4) is 0 Å². The molecule has 2 heterocycles. The summed E-state index contributed by atoms with van der Waals surface area (Å²) in [6.07, 6.45) is 2.63. The molecule has 98 valence electrons. The third kappa shape index (κ3) is 3.63. The Morgan fingerprint density at radius 3 is 3.17 bits per heavy atom. The molecule has 6 heteroatoms. The van der Waals surface area contributed by atoms with Gasteiger partial charge < -0.3 is 10.4 Å². The molecule has 0 aliphatic rings. The van der Waals surface area contributed by atoms with Crippen molar-refractivity contribution >= 4 is 11.3 Å². The first kappa shape index (κ1) is 13.2. The van der Waals surface area contributed by atoms with Crippen molar-refractivity contribution in [3.05, 3.63) is 34.3 Å². The van der Waals surface area contributed by atoms with Gasteiger partial charge in [-0.1, -0.05) is 11.3 Å². The smallest absolute Gasteiger partial charge is 0.0965 e. The Morgan fingerprint density at radius 1 is 1.56 bits per heavy atom. The molecule has 1 atom stereocenters. The number of aliphatic hydroxyl groups excluding tert-OH is 1. The molecule has 0 saturated heterocycles. The molecule has 5 nitrogen and oxygen atoms in total. The van der Waals surface area contributed by atoms with Crippen molar-refractivity contribution in [2.75, 3.05) is 6.61 Å². The summed E-state index contributed by atoms with van der Waals surface area (Å²) in [7, 11) is 0. The van der Waals surface area contributed by atoms with E-state index in [1.807, 2.05) is 6.20 Å². The summed E-state index contributed by atoms with van der Waals surface area (Å²) in [5.41, 5.74) is 0.927. The molecule has 2 aromatic rings. The summed E-state index contributed by atoms with van der Waals surface area (Å²) in [5.74, 6) is 0.